The first-order valence-corrected chi connectivity index (χ1v) is 10.8. The Morgan fingerprint density at radius 2 is 1.94 bits per heavy atom. The first-order valence-electron chi connectivity index (χ1n) is 10.4. The van der Waals surface area contributed by atoms with Gasteiger partial charge in [-0.1, -0.05) is 31.2 Å². The van der Waals surface area contributed by atoms with Crippen LogP contribution in [0.2, 0.25) is 0 Å². The third-order valence-electron chi connectivity index (χ3n) is 5.15. The predicted octanol–water partition coefficient (Wildman–Crippen LogP) is 3.20. The van der Waals surface area contributed by atoms with E-state index in [0.717, 1.165) is 21.7 Å². The van der Waals surface area contributed by atoms with E-state index in [1.165, 1.54) is 18.7 Å². The molecule has 0 saturated carbocycles. The minimum absolute atomic E-state index is 0.193. The Balaban J connectivity index is 2.01. The number of rotatable bonds is 7. The van der Waals surface area contributed by atoms with Gasteiger partial charge >= 0.3 is 5.97 Å². The molecule has 1 aliphatic heterocycles. The van der Waals surface area contributed by atoms with Gasteiger partial charge in [-0.3, -0.25) is 19.4 Å². The topological polar surface area (TPSA) is 88.1 Å². The number of benzene rings is 1. The number of amides is 2. The molecule has 0 unspecified atom stereocenters. The third kappa shape index (κ3) is 6.69. The molecule has 0 aromatic heterocycles. The molecule has 1 heterocycles. The van der Waals surface area contributed by atoms with E-state index in [2.05, 4.69) is 22.9 Å². The molecule has 31 heavy (non-hydrogen) atoms. The second-order valence-corrected chi connectivity index (χ2v) is 8.28. The summed E-state index contributed by atoms with van der Waals surface area (Å²) >= 11 is 4.53. The van der Waals surface area contributed by atoms with E-state index in [0.29, 0.717) is 19.5 Å². The van der Waals surface area contributed by atoms with Crippen LogP contribution in [0.25, 0.3) is 4.91 Å². The van der Waals surface area contributed by atoms with Crippen molar-refractivity contribution in [1.29, 1.82) is 0 Å². The molecule has 0 aliphatic carbocycles. The van der Waals surface area contributed by atoms with Crippen LogP contribution in [-0.4, -0.2) is 47.6 Å². The molecule has 168 valence electrons. The lowest BCUT2D eigenvalue weighted by molar-refractivity contribution is -0.158. The fourth-order valence-electron chi connectivity index (χ4n) is 3.62. The first kappa shape index (κ1) is 24.7. The van der Waals surface area contributed by atoms with Gasteiger partial charge < -0.3 is 15.0 Å². The van der Waals surface area contributed by atoms with Crippen LogP contribution in [0.3, 0.4) is 0 Å². The second kappa shape index (κ2) is 11.1. The predicted molar refractivity (Wildman–Crippen MR) is 125 cm³/mol. The lowest BCUT2D eigenvalue weighted by Gasteiger charge is -2.26. The number of carbonyl (C=O) groups excluding carboxylic acids is 3. The van der Waals surface area contributed by atoms with E-state index in [4.69, 9.17) is 4.74 Å². The molecule has 0 bridgehead atoms. The van der Waals surface area contributed by atoms with Crippen LogP contribution >= 0.6 is 12.6 Å². The summed E-state index contributed by atoms with van der Waals surface area (Å²) in [4.78, 5) is 43.2. The fourth-order valence-corrected chi connectivity index (χ4v) is 3.83. The van der Waals surface area contributed by atoms with Crippen LogP contribution in [-0.2, 0) is 25.7 Å². The highest BCUT2D eigenvalue weighted by Crippen LogP contribution is 2.25. The van der Waals surface area contributed by atoms with Crippen molar-refractivity contribution in [3.8, 4) is 0 Å². The molecular weight excluding hydrogens is 414 g/mol. The van der Waals surface area contributed by atoms with E-state index < -0.39 is 18.1 Å². The van der Waals surface area contributed by atoms with Crippen LogP contribution in [0.15, 0.2) is 35.0 Å². The maximum Gasteiger partial charge on any atom is 0.303 e. The number of thiol groups is 1. The summed E-state index contributed by atoms with van der Waals surface area (Å²) in [6.45, 7) is 9.35. The quantitative estimate of drug-likeness (QED) is 0.383. The van der Waals surface area contributed by atoms with Crippen LogP contribution in [0.4, 0.5) is 0 Å². The van der Waals surface area contributed by atoms with Crippen LogP contribution in [0.5, 0.6) is 0 Å². The monoisotopic (exact) mass is 445 g/mol. The van der Waals surface area contributed by atoms with Gasteiger partial charge in [0, 0.05) is 31.1 Å². The number of ether oxygens (including phenoxy) is 1. The van der Waals surface area contributed by atoms with Gasteiger partial charge in [-0.05, 0) is 44.2 Å². The van der Waals surface area contributed by atoms with Gasteiger partial charge in [0.25, 0.3) is 5.91 Å². The number of hydrogen-bond acceptors (Lipinski definition) is 6. The molecule has 1 fully saturated rings. The molecule has 0 radical (unpaired) electrons. The Morgan fingerprint density at radius 1 is 1.29 bits per heavy atom. The van der Waals surface area contributed by atoms with Crippen LogP contribution in [0, 0.1) is 5.92 Å². The SMILES string of the molecule is CC=N/C(C)=C(\S)c1ccc(CNC(=O)[C@@H]2C[C@@H](C)CN2C(=O)[C@H](C)OC(C)=O)cc1. The normalized spacial score (nSPS) is 20.4. The highest BCUT2D eigenvalue weighted by molar-refractivity contribution is 7.90. The van der Waals surface area contributed by atoms with Gasteiger partial charge in [0.2, 0.25) is 5.91 Å². The number of aliphatic imine (C=N–C) groups is 1. The number of nitrogens with one attached hydrogen (secondary N) is 1. The van der Waals surface area contributed by atoms with E-state index in [9.17, 15) is 14.4 Å². The zero-order chi connectivity index (χ0) is 23.1. The molecular formula is C23H31N3O4S. The van der Waals surface area contributed by atoms with Gasteiger partial charge in [-0.2, -0.15) is 0 Å². The zero-order valence-corrected chi connectivity index (χ0v) is 19.6. The Hall–Kier alpha value is -2.61. The summed E-state index contributed by atoms with van der Waals surface area (Å²) < 4.78 is 5.00. The zero-order valence-electron chi connectivity index (χ0n) is 18.7. The number of hydrogen-bond donors (Lipinski definition) is 2. The molecule has 1 aromatic rings. The maximum atomic E-state index is 12.8. The molecule has 1 aromatic carbocycles. The van der Waals surface area contributed by atoms with Crippen molar-refractivity contribution in [2.24, 2.45) is 10.9 Å². The summed E-state index contributed by atoms with van der Waals surface area (Å²) in [5.74, 6) is -0.881. The van der Waals surface area contributed by atoms with Crippen molar-refractivity contribution in [2.45, 2.75) is 59.7 Å². The summed E-state index contributed by atoms with van der Waals surface area (Å²) in [5, 5.41) is 2.92. The lowest BCUT2D eigenvalue weighted by atomic mass is 10.1. The highest BCUT2D eigenvalue weighted by Gasteiger charge is 2.39. The smallest absolute Gasteiger partial charge is 0.303 e. The van der Waals surface area contributed by atoms with Crippen molar-refractivity contribution in [2.75, 3.05) is 6.54 Å². The molecule has 2 amide bonds. The molecule has 8 heteroatoms. The number of esters is 1. The molecule has 1 N–H and O–H groups in total. The van der Waals surface area contributed by atoms with Crippen molar-refractivity contribution < 1.29 is 19.1 Å². The van der Waals surface area contributed by atoms with Crippen molar-refractivity contribution in [3.63, 3.8) is 0 Å². The average molecular weight is 446 g/mol. The standard InChI is InChI=1S/C23H31N3O4S/c1-6-24-15(3)21(31)19-9-7-18(8-10-19)12-25-22(28)20-11-14(2)13-26(20)23(29)16(4)30-17(5)27/h6-10,14,16,20,31H,11-13H2,1-5H3,(H,25,28)/b21-15-,24-6?/t14-,16+,20+/m1/s1. The molecule has 3 atom stereocenters. The van der Waals surface area contributed by atoms with Gasteiger partial charge in [-0.15, -0.1) is 12.6 Å². The average Bonchev–Trinajstić information content (AvgIpc) is 3.12. The Labute approximate surface area is 189 Å². The van der Waals surface area contributed by atoms with Gasteiger partial charge in [0.15, 0.2) is 6.10 Å². The fraction of sp³-hybridized carbons (Fsp3) is 0.478. The summed E-state index contributed by atoms with van der Waals surface area (Å²) in [5.41, 5.74) is 2.71. The number of likely N-dealkylation sites (tertiary alicyclic amines) is 1. The molecule has 1 saturated heterocycles. The molecule has 2 rings (SSSR count). The Kier molecular flexibility index (Phi) is 8.86. The Morgan fingerprint density at radius 3 is 2.52 bits per heavy atom. The van der Waals surface area contributed by atoms with Crippen LogP contribution < -0.4 is 5.32 Å². The Bertz CT molecular complexity index is 879. The summed E-state index contributed by atoms with van der Waals surface area (Å²) in [6.07, 6.45) is 1.39. The van der Waals surface area contributed by atoms with Crippen molar-refractivity contribution >= 4 is 41.5 Å². The molecule has 0 spiro atoms. The molecule has 7 nitrogen and oxygen atoms in total. The number of allylic oxidation sites excluding steroid dienone is 1. The minimum atomic E-state index is -0.908. The lowest BCUT2D eigenvalue weighted by Crippen LogP contribution is -2.49. The van der Waals surface area contributed by atoms with E-state index in [1.54, 1.807) is 6.21 Å². The largest absolute Gasteiger partial charge is 0.453 e. The highest BCUT2D eigenvalue weighted by atomic mass is 32.1. The van der Waals surface area contributed by atoms with Crippen LogP contribution in [0.1, 0.15) is 52.2 Å². The summed E-state index contributed by atoms with van der Waals surface area (Å²) in [7, 11) is 0. The number of carbonyl (C=O) groups is 3. The maximum absolute atomic E-state index is 12.8. The van der Waals surface area contributed by atoms with E-state index in [1.807, 2.05) is 45.0 Å². The van der Waals surface area contributed by atoms with Gasteiger partial charge in [-0.25, -0.2) is 0 Å². The van der Waals surface area contributed by atoms with Gasteiger partial charge in [0.05, 0.1) is 5.70 Å². The third-order valence-corrected chi connectivity index (χ3v) is 5.73. The van der Waals surface area contributed by atoms with E-state index >= 15 is 0 Å². The second-order valence-electron chi connectivity index (χ2n) is 7.83. The van der Waals surface area contributed by atoms with Crippen molar-refractivity contribution in [1.82, 2.24) is 10.2 Å². The first-order chi connectivity index (χ1) is 14.6. The summed E-state index contributed by atoms with van der Waals surface area (Å²) in [6, 6.07) is 7.16. The number of nitrogens with zero attached hydrogens (tertiary/aromatic N) is 2. The van der Waals surface area contributed by atoms with E-state index in [-0.39, 0.29) is 17.7 Å². The molecule has 1 aliphatic rings. The minimum Gasteiger partial charge on any atom is -0.453 e. The van der Waals surface area contributed by atoms with Gasteiger partial charge in [0.1, 0.15) is 6.04 Å². The van der Waals surface area contributed by atoms with Crippen molar-refractivity contribution in [3.05, 3.63) is 41.1 Å².